The van der Waals surface area contributed by atoms with Gasteiger partial charge in [-0.3, -0.25) is 0 Å². The van der Waals surface area contributed by atoms with Gasteiger partial charge in [-0.1, -0.05) is 22.7 Å². The molecule has 1 fully saturated rings. The van der Waals surface area contributed by atoms with Gasteiger partial charge in [0, 0.05) is 25.4 Å². The molecule has 0 atom stereocenters. The van der Waals surface area contributed by atoms with Crippen LogP contribution in [0.1, 0.15) is 18.5 Å². The number of hydrogen-bond donors (Lipinski definition) is 2. The highest BCUT2D eigenvalue weighted by atomic mass is 35.5. The number of aryl methyl sites for hydroxylation is 1. The molecule has 0 amide bonds. The molecule has 5 rings (SSSR count). The van der Waals surface area contributed by atoms with Gasteiger partial charge in [-0.2, -0.15) is 0 Å². The van der Waals surface area contributed by atoms with Crippen LogP contribution in [0.5, 0.6) is 5.75 Å². The maximum Gasteiger partial charge on any atom is 0.188 e. The largest absolute Gasteiger partial charge is 0.505 e. The molecule has 1 aliphatic rings. The fourth-order valence-corrected chi connectivity index (χ4v) is 5.62. The van der Waals surface area contributed by atoms with Crippen molar-refractivity contribution in [1.82, 2.24) is 29.8 Å². The highest BCUT2D eigenvalue weighted by molar-refractivity contribution is 7.29. The predicted molar refractivity (Wildman–Crippen MR) is 124 cm³/mol. The number of rotatable bonds is 4. The number of piperidine rings is 1. The number of halogens is 1. The normalized spacial score (nSPS) is 14.7. The molecule has 8 nitrogen and oxygen atoms in total. The van der Waals surface area contributed by atoms with Gasteiger partial charge >= 0.3 is 0 Å². The second kappa shape index (κ2) is 8.46. The Kier molecular flexibility index (Phi) is 5.92. The second-order valence-electron chi connectivity index (χ2n) is 7.20. The lowest BCUT2D eigenvalue weighted by Crippen LogP contribution is -2.41. The minimum Gasteiger partial charge on any atom is -0.505 e. The number of nitrogens with zero attached hydrogens (tertiary/aromatic N) is 6. The summed E-state index contributed by atoms with van der Waals surface area (Å²) in [5, 5.41) is 15.6. The number of fused-ring (bicyclic) bond motifs is 1. The van der Waals surface area contributed by atoms with Crippen molar-refractivity contribution in [3.8, 4) is 22.1 Å². The standard InChI is InChI=1S/C19H21N7OS2.ClH/c1-11-9-26(10-22-11)13-7-14(27)15(21-8-13)16-23-17-18(28-16)24-19(29-17)25(2)12-3-5-20-6-4-12;/h7-10,12,20,27H,3-6H2,1-2H3;1H. The van der Waals surface area contributed by atoms with Crippen LogP contribution < -0.4 is 10.2 Å². The molecule has 0 spiro atoms. The molecule has 2 N–H and O–H groups in total. The molecule has 1 aliphatic heterocycles. The van der Waals surface area contributed by atoms with Crippen molar-refractivity contribution < 1.29 is 5.11 Å². The Bertz CT molecular complexity index is 1130. The zero-order valence-corrected chi connectivity index (χ0v) is 19.0. The summed E-state index contributed by atoms with van der Waals surface area (Å²) in [5.41, 5.74) is 2.15. The SMILES string of the molecule is Cc1cn(-c2cnc(-c3nc4sc(N(C)C5CCNCC5)nc4s3)c(O)c2)cn1.Cl. The molecule has 0 radical (unpaired) electrons. The van der Waals surface area contributed by atoms with E-state index >= 15 is 0 Å². The zero-order chi connectivity index (χ0) is 20.0. The van der Waals surface area contributed by atoms with E-state index in [1.807, 2.05) is 17.7 Å². The molecule has 0 aromatic carbocycles. The predicted octanol–water partition coefficient (Wildman–Crippen LogP) is 3.62. The Labute approximate surface area is 188 Å². The van der Waals surface area contributed by atoms with Gasteiger partial charge in [-0.15, -0.1) is 12.4 Å². The average Bonchev–Trinajstić information content (AvgIpc) is 3.42. The van der Waals surface area contributed by atoms with E-state index in [9.17, 15) is 5.11 Å². The molecular weight excluding hydrogens is 442 g/mol. The van der Waals surface area contributed by atoms with Crippen molar-refractivity contribution in [1.29, 1.82) is 0 Å². The Hall–Kier alpha value is -2.27. The van der Waals surface area contributed by atoms with Gasteiger partial charge < -0.3 is 19.9 Å². The van der Waals surface area contributed by atoms with E-state index in [1.165, 1.54) is 11.3 Å². The first-order chi connectivity index (χ1) is 14.1. The van der Waals surface area contributed by atoms with Crippen molar-refractivity contribution in [2.45, 2.75) is 25.8 Å². The van der Waals surface area contributed by atoms with Gasteiger partial charge in [-0.25, -0.2) is 19.9 Å². The molecule has 30 heavy (non-hydrogen) atoms. The van der Waals surface area contributed by atoms with Gasteiger partial charge in [-0.05, 0) is 32.9 Å². The first-order valence-corrected chi connectivity index (χ1v) is 11.1. The number of aromatic nitrogens is 5. The summed E-state index contributed by atoms with van der Waals surface area (Å²) < 4.78 is 1.83. The summed E-state index contributed by atoms with van der Waals surface area (Å²) in [5.74, 6) is 0.0994. The molecule has 4 aromatic rings. The highest BCUT2D eigenvalue weighted by Crippen LogP contribution is 2.38. The van der Waals surface area contributed by atoms with Crippen LogP contribution in [0.25, 0.3) is 26.0 Å². The zero-order valence-electron chi connectivity index (χ0n) is 16.6. The fourth-order valence-electron chi connectivity index (χ4n) is 3.54. The lowest BCUT2D eigenvalue weighted by atomic mass is 10.1. The van der Waals surface area contributed by atoms with E-state index in [0.717, 1.165) is 52.1 Å². The van der Waals surface area contributed by atoms with Crippen LogP contribution in [-0.4, -0.2) is 55.8 Å². The van der Waals surface area contributed by atoms with Crippen LogP contribution >= 0.6 is 35.1 Å². The molecule has 0 aliphatic carbocycles. The summed E-state index contributed by atoms with van der Waals surface area (Å²) >= 11 is 3.06. The number of pyridine rings is 1. The minimum absolute atomic E-state index is 0. The van der Waals surface area contributed by atoms with Crippen molar-refractivity contribution in [3.63, 3.8) is 0 Å². The lowest BCUT2D eigenvalue weighted by molar-refractivity contribution is 0.443. The van der Waals surface area contributed by atoms with Crippen molar-refractivity contribution in [3.05, 3.63) is 30.5 Å². The van der Waals surface area contributed by atoms with Gasteiger partial charge in [0.1, 0.15) is 16.5 Å². The minimum atomic E-state index is 0. The van der Waals surface area contributed by atoms with Crippen molar-refractivity contribution in [2.24, 2.45) is 0 Å². The van der Waals surface area contributed by atoms with E-state index in [-0.39, 0.29) is 18.2 Å². The van der Waals surface area contributed by atoms with Crippen LogP contribution in [0.3, 0.4) is 0 Å². The number of imidazole rings is 1. The second-order valence-corrected chi connectivity index (χ2v) is 9.13. The third kappa shape index (κ3) is 3.87. The van der Waals surface area contributed by atoms with Gasteiger partial charge in [0.25, 0.3) is 0 Å². The van der Waals surface area contributed by atoms with Gasteiger partial charge in [0.2, 0.25) is 0 Å². The van der Waals surface area contributed by atoms with Crippen molar-refractivity contribution >= 4 is 49.9 Å². The van der Waals surface area contributed by atoms with Crippen LogP contribution in [0, 0.1) is 6.92 Å². The van der Waals surface area contributed by atoms with Gasteiger partial charge in [0.05, 0.1) is 23.9 Å². The molecule has 0 unspecified atom stereocenters. The maximum absolute atomic E-state index is 10.5. The quantitative estimate of drug-likeness (QED) is 0.477. The first-order valence-electron chi connectivity index (χ1n) is 9.50. The maximum atomic E-state index is 10.5. The van der Waals surface area contributed by atoms with Crippen LogP contribution in [0.4, 0.5) is 5.13 Å². The van der Waals surface area contributed by atoms with Crippen LogP contribution in [-0.2, 0) is 0 Å². The molecular formula is C19H22ClN7OS2. The average molecular weight is 464 g/mol. The van der Waals surface area contributed by atoms with Crippen LogP contribution in [0.15, 0.2) is 24.8 Å². The highest BCUT2D eigenvalue weighted by Gasteiger charge is 2.22. The number of anilines is 1. The summed E-state index contributed by atoms with van der Waals surface area (Å²) in [6.07, 6.45) is 7.57. The molecule has 158 valence electrons. The molecule has 11 heteroatoms. The third-order valence-electron chi connectivity index (χ3n) is 5.19. The Balaban J connectivity index is 0.00000218. The molecule has 1 saturated heterocycles. The van der Waals surface area contributed by atoms with E-state index in [4.69, 9.17) is 9.97 Å². The molecule has 0 saturated carbocycles. The summed E-state index contributed by atoms with van der Waals surface area (Å²) in [4.78, 5) is 22.2. The fraction of sp³-hybridized carbons (Fsp3) is 0.368. The third-order valence-corrected chi connectivity index (χ3v) is 7.31. The van der Waals surface area contributed by atoms with E-state index in [1.54, 1.807) is 29.9 Å². The number of nitrogens with one attached hydrogen (secondary N) is 1. The number of aromatic hydroxyl groups is 1. The Morgan fingerprint density at radius 2 is 1.93 bits per heavy atom. The molecule has 5 heterocycles. The van der Waals surface area contributed by atoms with E-state index in [2.05, 4.69) is 27.2 Å². The number of hydrogen-bond acceptors (Lipinski definition) is 9. The summed E-state index contributed by atoms with van der Waals surface area (Å²) in [6, 6.07) is 2.20. The van der Waals surface area contributed by atoms with E-state index < -0.39 is 0 Å². The Morgan fingerprint density at radius 1 is 1.17 bits per heavy atom. The number of thiazole rings is 2. The summed E-state index contributed by atoms with van der Waals surface area (Å²) in [7, 11) is 2.11. The monoisotopic (exact) mass is 463 g/mol. The molecule has 4 aromatic heterocycles. The van der Waals surface area contributed by atoms with Crippen LogP contribution in [0.2, 0.25) is 0 Å². The topological polar surface area (TPSA) is 92.0 Å². The smallest absolute Gasteiger partial charge is 0.188 e. The molecule has 0 bridgehead atoms. The summed E-state index contributed by atoms with van der Waals surface area (Å²) in [6.45, 7) is 4.03. The first kappa shape index (κ1) is 21.0. The lowest BCUT2D eigenvalue weighted by Gasteiger charge is -2.31. The Morgan fingerprint density at radius 3 is 2.60 bits per heavy atom. The van der Waals surface area contributed by atoms with Gasteiger partial charge in [0.15, 0.2) is 14.8 Å². The van der Waals surface area contributed by atoms with E-state index in [0.29, 0.717) is 16.7 Å². The van der Waals surface area contributed by atoms with Crippen molar-refractivity contribution in [2.75, 3.05) is 25.0 Å².